The van der Waals surface area contributed by atoms with E-state index >= 15 is 0 Å². The van der Waals surface area contributed by atoms with Gasteiger partial charge in [0.05, 0.1) is 13.7 Å². The van der Waals surface area contributed by atoms with E-state index in [1.54, 1.807) is 6.07 Å². The summed E-state index contributed by atoms with van der Waals surface area (Å²) < 4.78 is 9.75. The maximum absolute atomic E-state index is 11.5. The van der Waals surface area contributed by atoms with E-state index in [2.05, 4.69) is 31.3 Å². The van der Waals surface area contributed by atoms with Crippen LogP contribution in [0.5, 0.6) is 0 Å². The van der Waals surface area contributed by atoms with Gasteiger partial charge in [0.1, 0.15) is 6.54 Å². The second-order valence-electron chi connectivity index (χ2n) is 3.14. The first-order valence-electron chi connectivity index (χ1n) is 4.90. The Kier molecular flexibility index (Phi) is 5.37. The zero-order chi connectivity index (χ0) is 13.5. The number of methoxy groups -OCH3 is 1. The summed E-state index contributed by atoms with van der Waals surface area (Å²) in [5.41, 5.74) is 0. The highest BCUT2D eigenvalue weighted by molar-refractivity contribution is 9.10. The Hall–Kier alpha value is -1.83. The zero-order valence-corrected chi connectivity index (χ0v) is 11.1. The first-order chi connectivity index (χ1) is 8.52. The SMILES string of the molecule is COC(=O)CNC(=O)CNC(=O)c1ccc(Br)o1. The molecular weight excluding hydrogens is 308 g/mol. The molecule has 0 aliphatic heterocycles. The number of hydrogen-bond acceptors (Lipinski definition) is 5. The number of nitrogens with one attached hydrogen (secondary N) is 2. The summed E-state index contributed by atoms with van der Waals surface area (Å²) in [7, 11) is 1.21. The van der Waals surface area contributed by atoms with E-state index in [1.165, 1.54) is 13.2 Å². The second-order valence-corrected chi connectivity index (χ2v) is 3.92. The third-order valence-corrected chi connectivity index (χ3v) is 2.29. The first kappa shape index (κ1) is 14.2. The third-order valence-electron chi connectivity index (χ3n) is 1.86. The lowest BCUT2D eigenvalue weighted by Gasteiger charge is -2.04. The molecule has 0 spiro atoms. The van der Waals surface area contributed by atoms with Gasteiger partial charge in [-0.05, 0) is 28.1 Å². The Morgan fingerprint density at radius 1 is 1.28 bits per heavy atom. The number of carbonyl (C=O) groups excluding carboxylic acids is 3. The van der Waals surface area contributed by atoms with Crippen LogP contribution in [0.3, 0.4) is 0 Å². The largest absolute Gasteiger partial charge is 0.468 e. The van der Waals surface area contributed by atoms with Crippen molar-refractivity contribution in [3.8, 4) is 0 Å². The average Bonchev–Trinajstić information content (AvgIpc) is 2.79. The smallest absolute Gasteiger partial charge is 0.325 e. The highest BCUT2D eigenvalue weighted by Gasteiger charge is 2.12. The number of esters is 1. The topological polar surface area (TPSA) is 97.6 Å². The molecule has 1 aromatic rings. The number of halogens is 1. The molecule has 0 bridgehead atoms. The molecule has 0 aromatic carbocycles. The minimum absolute atomic E-state index is 0.0858. The van der Waals surface area contributed by atoms with E-state index in [-0.39, 0.29) is 18.8 Å². The van der Waals surface area contributed by atoms with Gasteiger partial charge in [0, 0.05) is 0 Å². The number of hydrogen-bond donors (Lipinski definition) is 2. The summed E-state index contributed by atoms with van der Waals surface area (Å²) in [6.07, 6.45) is 0. The average molecular weight is 319 g/mol. The van der Waals surface area contributed by atoms with Crippen molar-refractivity contribution in [2.24, 2.45) is 0 Å². The first-order valence-corrected chi connectivity index (χ1v) is 5.69. The molecule has 0 aliphatic carbocycles. The van der Waals surface area contributed by atoms with Gasteiger partial charge in [0.15, 0.2) is 10.4 Å². The van der Waals surface area contributed by atoms with Crippen molar-refractivity contribution < 1.29 is 23.5 Å². The van der Waals surface area contributed by atoms with E-state index in [0.717, 1.165) is 0 Å². The third kappa shape index (κ3) is 4.58. The van der Waals surface area contributed by atoms with Gasteiger partial charge in [-0.15, -0.1) is 0 Å². The maximum atomic E-state index is 11.5. The van der Waals surface area contributed by atoms with Crippen LogP contribution in [-0.4, -0.2) is 38.0 Å². The predicted molar refractivity (Wildman–Crippen MR) is 63.8 cm³/mol. The number of rotatable bonds is 5. The molecule has 0 radical (unpaired) electrons. The van der Waals surface area contributed by atoms with Gasteiger partial charge in [0.25, 0.3) is 5.91 Å². The van der Waals surface area contributed by atoms with Crippen LogP contribution >= 0.6 is 15.9 Å². The highest BCUT2D eigenvalue weighted by Crippen LogP contribution is 2.13. The lowest BCUT2D eigenvalue weighted by atomic mass is 10.4. The molecule has 1 aromatic heterocycles. The van der Waals surface area contributed by atoms with Crippen molar-refractivity contribution >= 4 is 33.7 Å². The lowest BCUT2D eigenvalue weighted by Crippen LogP contribution is -2.39. The van der Waals surface area contributed by atoms with E-state index in [9.17, 15) is 14.4 Å². The summed E-state index contributed by atoms with van der Waals surface area (Å²) in [6, 6.07) is 3.03. The van der Waals surface area contributed by atoms with Crippen LogP contribution in [0.4, 0.5) is 0 Å². The number of carbonyl (C=O) groups is 3. The van der Waals surface area contributed by atoms with Crippen molar-refractivity contribution in [3.05, 3.63) is 22.6 Å². The minimum atomic E-state index is -0.565. The van der Waals surface area contributed by atoms with Crippen molar-refractivity contribution in [1.29, 1.82) is 0 Å². The molecule has 0 atom stereocenters. The summed E-state index contributed by atoms with van der Waals surface area (Å²) in [4.78, 5) is 33.4. The molecule has 7 nitrogen and oxygen atoms in total. The van der Waals surface area contributed by atoms with Gasteiger partial charge in [-0.3, -0.25) is 14.4 Å². The van der Waals surface area contributed by atoms with Crippen LogP contribution < -0.4 is 10.6 Å². The van der Waals surface area contributed by atoms with E-state index in [1.807, 2.05) is 0 Å². The van der Waals surface area contributed by atoms with Crippen molar-refractivity contribution in [1.82, 2.24) is 10.6 Å². The molecule has 0 aliphatic rings. The van der Waals surface area contributed by atoms with E-state index in [0.29, 0.717) is 4.67 Å². The molecule has 1 rings (SSSR count). The Balaban J connectivity index is 2.30. The molecule has 0 saturated carbocycles. The standard InChI is InChI=1S/C10H11BrN2O5/c1-17-9(15)5-12-8(14)4-13-10(16)6-2-3-7(11)18-6/h2-3H,4-5H2,1H3,(H,12,14)(H,13,16). The Morgan fingerprint density at radius 2 is 2.00 bits per heavy atom. The molecule has 0 saturated heterocycles. The number of furan rings is 1. The van der Waals surface area contributed by atoms with Crippen molar-refractivity contribution in [3.63, 3.8) is 0 Å². The fraction of sp³-hybridized carbons (Fsp3) is 0.300. The molecule has 18 heavy (non-hydrogen) atoms. The van der Waals surface area contributed by atoms with Crippen molar-refractivity contribution in [2.45, 2.75) is 0 Å². The van der Waals surface area contributed by atoms with Gasteiger partial charge in [0.2, 0.25) is 5.91 Å². The van der Waals surface area contributed by atoms with Crippen LogP contribution in [-0.2, 0) is 14.3 Å². The van der Waals surface area contributed by atoms with Crippen LogP contribution in [0.25, 0.3) is 0 Å². The van der Waals surface area contributed by atoms with Crippen LogP contribution in [0.2, 0.25) is 0 Å². The van der Waals surface area contributed by atoms with Gasteiger partial charge in [-0.2, -0.15) is 0 Å². The van der Waals surface area contributed by atoms with Gasteiger partial charge >= 0.3 is 5.97 Å². The normalized spacial score (nSPS) is 9.67. The molecule has 8 heteroatoms. The molecule has 2 N–H and O–H groups in total. The van der Waals surface area contributed by atoms with E-state index in [4.69, 9.17) is 4.42 Å². The van der Waals surface area contributed by atoms with Crippen LogP contribution in [0.1, 0.15) is 10.6 Å². The predicted octanol–water partition coefficient (Wildman–Crippen LogP) is 0.0611. The fourth-order valence-corrected chi connectivity index (χ4v) is 1.30. The van der Waals surface area contributed by atoms with E-state index < -0.39 is 17.8 Å². The monoisotopic (exact) mass is 318 g/mol. The molecule has 98 valence electrons. The number of amides is 2. The van der Waals surface area contributed by atoms with Gasteiger partial charge in [-0.25, -0.2) is 0 Å². The summed E-state index contributed by atoms with van der Waals surface area (Å²) >= 11 is 3.05. The molecular formula is C10H11BrN2O5. The summed E-state index contributed by atoms with van der Waals surface area (Å²) in [6.45, 7) is -0.494. The molecule has 1 heterocycles. The molecule has 0 unspecified atom stereocenters. The summed E-state index contributed by atoms with van der Waals surface area (Å²) in [5, 5.41) is 4.61. The fourth-order valence-electron chi connectivity index (χ4n) is 0.989. The van der Waals surface area contributed by atoms with Crippen molar-refractivity contribution in [2.75, 3.05) is 20.2 Å². The maximum Gasteiger partial charge on any atom is 0.325 e. The van der Waals surface area contributed by atoms with Crippen LogP contribution in [0, 0.1) is 0 Å². The highest BCUT2D eigenvalue weighted by atomic mass is 79.9. The molecule has 2 amide bonds. The Bertz CT molecular complexity index is 457. The quantitative estimate of drug-likeness (QED) is 0.748. The summed E-state index contributed by atoms with van der Waals surface area (Å²) in [5.74, 6) is -1.50. The molecule has 0 fully saturated rings. The Morgan fingerprint density at radius 3 is 2.56 bits per heavy atom. The second kappa shape index (κ2) is 6.80. The zero-order valence-electron chi connectivity index (χ0n) is 9.49. The van der Waals surface area contributed by atoms with Gasteiger partial charge in [-0.1, -0.05) is 0 Å². The minimum Gasteiger partial charge on any atom is -0.468 e. The van der Waals surface area contributed by atoms with Gasteiger partial charge < -0.3 is 19.8 Å². The Labute approximate surface area is 111 Å². The lowest BCUT2D eigenvalue weighted by molar-refractivity contribution is -0.141. The van der Waals surface area contributed by atoms with Crippen LogP contribution in [0.15, 0.2) is 21.2 Å². The number of ether oxygens (including phenoxy) is 1.